The number of thiol groups is 1. The van der Waals surface area contributed by atoms with E-state index in [4.69, 9.17) is 9.47 Å². The van der Waals surface area contributed by atoms with Gasteiger partial charge in [0.1, 0.15) is 12.1 Å². The minimum absolute atomic E-state index is 0.0979. The fraction of sp³-hybridized carbons (Fsp3) is 0.438. The lowest BCUT2D eigenvalue weighted by atomic mass is 10.00. The number of carbonyl (C=O) groups is 4. The second-order valence-electron chi connectivity index (χ2n) is 11.1. The third-order valence-electron chi connectivity index (χ3n) is 6.29. The van der Waals surface area contributed by atoms with E-state index in [0.29, 0.717) is 16.8 Å². The molecule has 0 saturated heterocycles. The average molecular weight is 594 g/mol. The third kappa shape index (κ3) is 8.76. The molecule has 3 rings (SSSR count). The van der Waals surface area contributed by atoms with E-state index < -0.39 is 34.9 Å². The van der Waals surface area contributed by atoms with E-state index in [1.165, 1.54) is 4.90 Å². The van der Waals surface area contributed by atoms with Crippen LogP contribution in [0.4, 0.5) is 10.5 Å². The van der Waals surface area contributed by atoms with Gasteiger partial charge in [-0.2, -0.15) is 12.6 Å². The Bertz CT molecular complexity index is 1360. The van der Waals surface area contributed by atoms with Gasteiger partial charge >= 0.3 is 12.1 Å². The molecule has 2 aromatic rings. The first-order valence-corrected chi connectivity index (χ1v) is 14.5. The van der Waals surface area contributed by atoms with Crippen LogP contribution in [-0.2, 0) is 19.1 Å². The molecule has 0 aliphatic carbocycles. The van der Waals surface area contributed by atoms with Crippen molar-refractivity contribution in [1.29, 1.82) is 0 Å². The molecule has 1 aliphatic heterocycles. The lowest BCUT2D eigenvalue weighted by Gasteiger charge is -2.31. The quantitative estimate of drug-likeness (QED) is 0.260. The van der Waals surface area contributed by atoms with Gasteiger partial charge in [0, 0.05) is 18.2 Å². The summed E-state index contributed by atoms with van der Waals surface area (Å²) in [6, 6.07) is 13.3. The number of carbonyl (C=O) groups excluding carboxylic acids is 4. The maximum Gasteiger partial charge on any atom is 0.407 e. The molecule has 42 heavy (non-hydrogen) atoms. The highest BCUT2D eigenvalue weighted by Gasteiger charge is 2.37. The lowest BCUT2D eigenvalue weighted by molar-refractivity contribution is -0.144. The molecule has 2 atom stereocenters. The molecule has 10 heteroatoms. The maximum atomic E-state index is 14.2. The first-order chi connectivity index (χ1) is 19.8. The molecule has 0 fully saturated rings. The Labute approximate surface area is 253 Å². The maximum absolute atomic E-state index is 14.2. The van der Waals surface area contributed by atoms with E-state index in [9.17, 15) is 19.2 Å². The summed E-state index contributed by atoms with van der Waals surface area (Å²) in [6.45, 7) is 11.0. The predicted octanol–water partition coefficient (Wildman–Crippen LogP) is 4.75. The minimum atomic E-state index is -0.711. The van der Waals surface area contributed by atoms with Crippen molar-refractivity contribution in [3.8, 4) is 11.8 Å². The van der Waals surface area contributed by atoms with E-state index >= 15 is 0 Å². The smallest absolute Gasteiger partial charge is 0.407 e. The Balaban J connectivity index is 1.96. The second-order valence-corrected chi connectivity index (χ2v) is 11.7. The fourth-order valence-corrected chi connectivity index (χ4v) is 4.72. The first-order valence-electron chi connectivity index (χ1n) is 13.9. The van der Waals surface area contributed by atoms with Crippen LogP contribution in [0.1, 0.15) is 75.5 Å². The van der Waals surface area contributed by atoms with Crippen molar-refractivity contribution in [3.05, 3.63) is 65.2 Å². The van der Waals surface area contributed by atoms with Gasteiger partial charge in [-0.15, -0.1) is 0 Å². The van der Waals surface area contributed by atoms with Gasteiger partial charge in [0.2, 0.25) is 5.91 Å². The number of alkyl carbamates (subject to hydrolysis) is 1. The van der Waals surface area contributed by atoms with Crippen molar-refractivity contribution in [2.75, 3.05) is 24.6 Å². The molecule has 0 saturated carbocycles. The number of hydrogen-bond acceptors (Lipinski definition) is 7. The number of rotatable bonds is 8. The van der Waals surface area contributed by atoms with Crippen LogP contribution >= 0.6 is 12.6 Å². The van der Waals surface area contributed by atoms with Crippen molar-refractivity contribution >= 4 is 42.2 Å². The van der Waals surface area contributed by atoms with Gasteiger partial charge in [0.25, 0.3) is 5.91 Å². The van der Waals surface area contributed by atoms with Gasteiger partial charge in [-0.3, -0.25) is 14.4 Å². The number of esters is 1. The predicted molar refractivity (Wildman–Crippen MR) is 164 cm³/mol. The van der Waals surface area contributed by atoms with E-state index in [1.54, 1.807) is 50.8 Å². The molecule has 0 aromatic heterocycles. The molecule has 2 aromatic carbocycles. The number of nitrogens with zero attached hydrogens (tertiary/aromatic N) is 2. The summed E-state index contributed by atoms with van der Waals surface area (Å²) >= 11 is 4.45. The highest BCUT2D eigenvalue weighted by Crippen LogP contribution is 2.34. The highest BCUT2D eigenvalue weighted by atomic mass is 32.1. The van der Waals surface area contributed by atoms with Crippen molar-refractivity contribution in [3.63, 3.8) is 0 Å². The summed E-state index contributed by atoms with van der Waals surface area (Å²) in [4.78, 5) is 55.3. The summed E-state index contributed by atoms with van der Waals surface area (Å²) in [5.74, 6) is 4.88. The molecular formula is C32H39N3O6S. The Morgan fingerprint density at radius 2 is 1.79 bits per heavy atom. The highest BCUT2D eigenvalue weighted by molar-refractivity contribution is 7.81. The van der Waals surface area contributed by atoms with E-state index in [0.717, 1.165) is 5.56 Å². The average Bonchev–Trinajstić information content (AvgIpc) is 3.02. The zero-order valence-corrected chi connectivity index (χ0v) is 25.9. The van der Waals surface area contributed by atoms with Gasteiger partial charge in [-0.25, -0.2) is 4.79 Å². The molecule has 3 amide bonds. The number of anilines is 1. The van der Waals surface area contributed by atoms with Crippen LogP contribution in [-0.4, -0.2) is 65.4 Å². The minimum Gasteiger partial charge on any atom is -0.466 e. The van der Waals surface area contributed by atoms with Gasteiger partial charge in [-0.1, -0.05) is 42.2 Å². The molecule has 0 radical (unpaired) electrons. The zero-order valence-electron chi connectivity index (χ0n) is 25.0. The normalized spacial score (nSPS) is 14.8. The summed E-state index contributed by atoms with van der Waals surface area (Å²) in [7, 11) is 0. The van der Waals surface area contributed by atoms with Crippen LogP contribution in [0.25, 0.3) is 0 Å². The standard InChI is InChI=1S/C32H39N3O6S/c1-7-40-29(37)18-27(23-11-9-8-10-12-23)34-20-28(36)35(21(2)3)26-16-14-22(17-25(26)30(34)38)13-15-24(42)19-33-31(39)41-32(4,5)6/h8-12,14,16-17,21,24,27,42H,7,18-20H2,1-6H3,(H,33,39). The second kappa shape index (κ2) is 14.3. The molecule has 0 spiro atoms. The van der Waals surface area contributed by atoms with Crippen LogP contribution in [0.2, 0.25) is 0 Å². The molecule has 1 N–H and O–H groups in total. The number of amides is 3. The monoisotopic (exact) mass is 593 g/mol. The third-order valence-corrected chi connectivity index (χ3v) is 6.60. The number of benzene rings is 2. The fourth-order valence-electron chi connectivity index (χ4n) is 4.57. The molecule has 2 unspecified atom stereocenters. The van der Waals surface area contributed by atoms with Crippen molar-refractivity contribution in [2.45, 2.75) is 70.9 Å². The van der Waals surface area contributed by atoms with Crippen LogP contribution < -0.4 is 10.2 Å². The van der Waals surface area contributed by atoms with E-state index in [2.05, 4.69) is 29.8 Å². The molecule has 0 bridgehead atoms. The van der Waals surface area contributed by atoms with Crippen LogP contribution in [0.15, 0.2) is 48.5 Å². The molecule has 1 aliphatic rings. The Morgan fingerprint density at radius 3 is 2.40 bits per heavy atom. The topological polar surface area (TPSA) is 105 Å². The summed E-state index contributed by atoms with van der Waals surface area (Å²) in [5, 5.41) is 2.14. The first kappa shape index (κ1) is 32.5. The Hall–Kier alpha value is -3.97. The SMILES string of the molecule is CCOC(=O)CC(c1ccccc1)N1CC(=O)N(C(C)C)c2ccc(C#CC(S)CNC(=O)OC(C)(C)C)cc2C1=O. The Morgan fingerprint density at radius 1 is 1.10 bits per heavy atom. The largest absolute Gasteiger partial charge is 0.466 e. The molecule has 1 heterocycles. The Kier molecular flexibility index (Phi) is 11.1. The molecule has 224 valence electrons. The van der Waals surface area contributed by atoms with Crippen molar-refractivity contribution in [1.82, 2.24) is 10.2 Å². The zero-order chi connectivity index (χ0) is 31.0. The van der Waals surface area contributed by atoms with Gasteiger partial charge < -0.3 is 24.6 Å². The molecule has 9 nitrogen and oxygen atoms in total. The summed E-state index contributed by atoms with van der Waals surface area (Å²) in [6.07, 6.45) is -0.660. The summed E-state index contributed by atoms with van der Waals surface area (Å²) in [5.41, 5.74) is 1.42. The van der Waals surface area contributed by atoms with E-state index in [1.807, 2.05) is 44.2 Å². The van der Waals surface area contributed by atoms with E-state index in [-0.39, 0.29) is 38.1 Å². The van der Waals surface area contributed by atoms with Gasteiger partial charge in [-0.05, 0) is 65.3 Å². The van der Waals surface area contributed by atoms with Crippen molar-refractivity contribution in [2.24, 2.45) is 0 Å². The molecular weight excluding hydrogens is 554 g/mol. The number of ether oxygens (including phenoxy) is 2. The lowest BCUT2D eigenvalue weighted by Crippen LogP contribution is -2.44. The van der Waals surface area contributed by atoms with Crippen LogP contribution in [0.5, 0.6) is 0 Å². The number of hydrogen-bond donors (Lipinski definition) is 2. The van der Waals surface area contributed by atoms with Gasteiger partial charge in [0.05, 0.1) is 35.6 Å². The van der Waals surface area contributed by atoms with Crippen LogP contribution in [0.3, 0.4) is 0 Å². The van der Waals surface area contributed by atoms with Gasteiger partial charge in [0.15, 0.2) is 0 Å². The number of fused-ring (bicyclic) bond motifs is 1. The van der Waals surface area contributed by atoms with Crippen molar-refractivity contribution < 1.29 is 28.7 Å². The van der Waals surface area contributed by atoms with Crippen LogP contribution in [0, 0.1) is 11.8 Å². The summed E-state index contributed by atoms with van der Waals surface area (Å²) < 4.78 is 10.4. The number of nitrogens with one attached hydrogen (secondary N) is 1.